The van der Waals surface area contributed by atoms with Crippen LogP contribution in [0.4, 0.5) is 10.1 Å². The topological polar surface area (TPSA) is 94.2 Å². The Bertz CT molecular complexity index is 1380. The molecule has 0 aliphatic carbocycles. The highest BCUT2D eigenvalue weighted by Gasteiger charge is 2.36. The van der Waals surface area contributed by atoms with E-state index in [0.717, 1.165) is 22.0 Å². The van der Waals surface area contributed by atoms with Crippen molar-refractivity contribution in [3.05, 3.63) is 78.1 Å². The Kier molecular flexibility index (Phi) is 7.31. The van der Waals surface area contributed by atoms with E-state index in [-0.39, 0.29) is 10.6 Å². The molecule has 0 radical (unpaired) electrons. The summed E-state index contributed by atoms with van der Waals surface area (Å²) < 4.78 is 58.3. The van der Waals surface area contributed by atoms with Gasteiger partial charge in [-0.15, -0.1) is 0 Å². The smallest absolute Gasteiger partial charge is 0.264 e. The Balaban J connectivity index is 1.64. The monoisotopic (exact) mass is 528 g/mol. The van der Waals surface area contributed by atoms with Crippen LogP contribution in [0.15, 0.2) is 71.6 Å². The van der Waals surface area contributed by atoms with Crippen LogP contribution in [0.2, 0.25) is 0 Å². The van der Waals surface area contributed by atoms with Crippen molar-refractivity contribution in [2.45, 2.75) is 36.8 Å². The molecule has 1 heterocycles. The molecule has 0 fully saturated rings. The van der Waals surface area contributed by atoms with Crippen LogP contribution in [0.25, 0.3) is 0 Å². The minimum atomic E-state index is -4.17. The van der Waals surface area contributed by atoms with Gasteiger partial charge in [0.25, 0.3) is 10.0 Å². The molecule has 1 aliphatic heterocycles. The van der Waals surface area contributed by atoms with Crippen LogP contribution in [0.3, 0.4) is 0 Å². The summed E-state index contributed by atoms with van der Waals surface area (Å²) in [5, 5.41) is 2.96. The Morgan fingerprint density at radius 1 is 1.03 bits per heavy atom. The third-order valence-corrected chi connectivity index (χ3v) is 7.85. The molecule has 1 aliphatic rings. The average molecular weight is 529 g/mol. The van der Waals surface area contributed by atoms with E-state index < -0.39 is 39.9 Å². The average Bonchev–Trinajstić information content (AvgIpc) is 2.86. The number of amides is 1. The van der Waals surface area contributed by atoms with E-state index in [2.05, 4.69) is 5.32 Å². The second-order valence-corrected chi connectivity index (χ2v) is 11.1. The van der Waals surface area contributed by atoms with Gasteiger partial charge in [0.15, 0.2) is 0 Å². The molecular weight excluding hydrogens is 499 g/mol. The predicted octanol–water partition coefficient (Wildman–Crippen LogP) is 4.46. The number of halogens is 1. The Morgan fingerprint density at radius 2 is 1.65 bits per heavy atom. The number of hydrogen-bond donors (Lipinski definition) is 1. The first kappa shape index (κ1) is 26.3. The molecule has 8 nitrogen and oxygen atoms in total. The van der Waals surface area contributed by atoms with E-state index in [9.17, 15) is 17.6 Å². The molecule has 1 N–H and O–H groups in total. The number of carbonyl (C=O) groups excluding carboxylic acids is 1. The van der Waals surface area contributed by atoms with Crippen molar-refractivity contribution < 1.29 is 31.8 Å². The summed E-state index contributed by atoms with van der Waals surface area (Å²) in [4.78, 5) is 13.3. The van der Waals surface area contributed by atoms with Crippen LogP contribution in [0.5, 0.6) is 17.2 Å². The number of anilines is 1. The largest absolute Gasteiger partial charge is 0.497 e. The molecule has 1 amide bonds. The fourth-order valence-corrected chi connectivity index (χ4v) is 5.68. The molecule has 10 heteroatoms. The predicted molar refractivity (Wildman–Crippen MR) is 137 cm³/mol. The van der Waals surface area contributed by atoms with Gasteiger partial charge in [-0.05, 0) is 74.5 Å². The highest BCUT2D eigenvalue weighted by atomic mass is 32.2. The molecule has 0 saturated heterocycles. The number of ether oxygens (including phenoxy) is 3. The maximum absolute atomic E-state index is 13.6. The van der Waals surface area contributed by atoms with Crippen LogP contribution >= 0.6 is 0 Å². The van der Waals surface area contributed by atoms with Crippen molar-refractivity contribution in [2.24, 2.45) is 0 Å². The van der Waals surface area contributed by atoms with Crippen LogP contribution in [-0.2, 0) is 14.8 Å². The maximum atomic E-state index is 13.6. The summed E-state index contributed by atoms with van der Waals surface area (Å²) in [6, 6.07) is 15.7. The van der Waals surface area contributed by atoms with Gasteiger partial charge in [0, 0.05) is 18.1 Å². The highest BCUT2D eigenvalue weighted by molar-refractivity contribution is 7.92. The lowest BCUT2D eigenvalue weighted by Gasteiger charge is -2.38. The Morgan fingerprint density at radius 3 is 2.27 bits per heavy atom. The molecule has 4 rings (SSSR count). The van der Waals surface area contributed by atoms with E-state index in [0.29, 0.717) is 23.7 Å². The summed E-state index contributed by atoms with van der Waals surface area (Å²) in [5.41, 5.74) is 0.341. The van der Waals surface area contributed by atoms with Crippen molar-refractivity contribution >= 4 is 21.6 Å². The lowest BCUT2D eigenvalue weighted by atomic mass is 9.89. The number of benzene rings is 3. The standard InChI is InChI=1S/C27H29FN2O6S/c1-27(2)16-24(23-14-11-21(35-4)15-25(23)36-27)29-26(31)17-30(19-7-5-18(28)6-8-19)37(32,33)22-12-9-20(34-3)10-13-22/h5-15,24H,16-17H2,1-4H3,(H,29,31). The van der Waals surface area contributed by atoms with Crippen LogP contribution in [-0.4, -0.2) is 40.7 Å². The van der Waals surface area contributed by atoms with Crippen molar-refractivity contribution in [1.29, 1.82) is 0 Å². The summed E-state index contributed by atoms with van der Waals surface area (Å²) in [6.45, 7) is 3.31. The van der Waals surface area contributed by atoms with Gasteiger partial charge in [-0.2, -0.15) is 0 Å². The van der Waals surface area contributed by atoms with E-state index in [1.165, 1.54) is 43.5 Å². The van der Waals surface area contributed by atoms with Gasteiger partial charge in [0.1, 0.15) is 35.2 Å². The van der Waals surface area contributed by atoms with Crippen molar-refractivity contribution in [3.63, 3.8) is 0 Å². The number of sulfonamides is 1. The molecule has 0 spiro atoms. The second kappa shape index (κ2) is 10.3. The van der Waals surface area contributed by atoms with Crippen molar-refractivity contribution in [3.8, 4) is 17.2 Å². The Labute approximate surface area is 216 Å². The molecule has 1 atom stereocenters. The molecule has 3 aromatic rings. The quantitative estimate of drug-likeness (QED) is 0.464. The van der Waals surface area contributed by atoms with Gasteiger partial charge in [0.2, 0.25) is 5.91 Å². The van der Waals surface area contributed by atoms with Gasteiger partial charge >= 0.3 is 0 Å². The van der Waals surface area contributed by atoms with Crippen molar-refractivity contribution in [1.82, 2.24) is 5.32 Å². The lowest BCUT2D eigenvalue weighted by Crippen LogP contribution is -2.45. The third kappa shape index (κ3) is 5.80. The van der Waals surface area contributed by atoms with Crippen LogP contribution in [0.1, 0.15) is 31.9 Å². The summed E-state index contributed by atoms with van der Waals surface area (Å²) in [5.74, 6) is 0.650. The second-order valence-electron chi connectivity index (χ2n) is 9.25. The molecule has 3 aromatic carbocycles. The number of nitrogens with zero attached hydrogens (tertiary/aromatic N) is 1. The van der Waals surface area contributed by atoms with Gasteiger partial charge in [-0.3, -0.25) is 9.10 Å². The van der Waals surface area contributed by atoms with Gasteiger partial charge in [-0.1, -0.05) is 0 Å². The molecule has 37 heavy (non-hydrogen) atoms. The zero-order valence-corrected chi connectivity index (χ0v) is 21.8. The SMILES string of the molecule is COc1ccc(S(=O)(=O)N(CC(=O)NC2CC(C)(C)Oc3cc(OC)ccc32)c2ccc(F)cc2)cc1. The van der Waals surface area contributed by atoms with Crippen molar-refractivity contribution in [2.75, 3.05) is 25.1 Å². The number of nitrogens with one attached hydrogen (secondary N) is 1. The maximum Gasteiger partial charge on any atom is 0.264 e. The number of fused-ring (bicyclic) bond motifs is 1. The van der Waals surface area contributed by atoms with Gasteiger partial charge in [0.05, 0.1) is 30.8 Å². The fraction of sp³-hybridized carbons (Fsp3) is 0.296. The Hall–Kier alpha value is -3.79. The normalized spacial score (nSPS) is 16.2. The highest BCUT2D eigenvalue weighted by Crippen LogP contribution is 2.41. The first-order chi connectivity index (χ1) is 17.5. The molecule has 0 saturated carbocycles. The van der Waals surface area contributed by atoms with E-state index in [1.807, 2.05) is 19.9 Å². The summed E-state index contributed by atoms with van der Waals surface area (Å²) in [7, 11) is -1.13. The molecule has 0 aromatic heterocycles. The van der Waals surface area contributed by atoms with E-state index in [4.69, 9.17) is 14.2 Å². The van der Waals surface area contributed by atoms with Gasteiger partial charge < -0.3 is 19.5 Å². The fourth-order valence-electron chi connectivity index (χ4n) is 4.26. The first-order valence-electron chi connectivity index (χ1n) is 11.6. The number of carbonyl (C=O) groups is 1. The zero-order chi connectivity index (χ0) is 26.8. The summed E-state index contributed by atoms with van der Waals surface area (Å²) >= 11 is 0. The first-order valence-corrected chi connectivity index (χ1v) is 13.0. The number of rotatable bonds is 8. The molecular formula is C27H29FN2O6S. The van der Waals surface area contributed by atoms with E-state index in [1.54, 1.807) is 19.2 Å². The third-order valence-electron chi connectivity index (χ3n) is 6.06. The lowest BCUT2D eigenvalue weighted by molar-refractivity contribution is -0.120. The van der Waals surface area contributed by atoms with Gasteiger partial charge in [-0.25, -0.2) is 12.8 Å². The van der Waals surface area contributed by atoms with Crippen LogP contribution in [0, 0.1) is 5.82 Å². The minimum absolute atomic E-state index is 0.0323. The molecule has 1 unspecified atom stereocenters. The molecule has 0 bridgehead atoms. The summed E-state index contributed by atoms with van der Waals surface area (Å²) in [6.07, 6.45) is 0.472. The number of hydrogen-bond acceptors (Lipinski definition) is 6. The minimum Gasteiger partial charge on any atom is -0.497 e. The molecule has 196 valence electrons. The number of methoxy groups -OCH3 is 2. The van der Waals surface area contributed by atoms with E-state index >= 15 is 0 Å². The van der Waals surface area contributed by atoms with Crippen LogP contribution < -0.4 is 23.8 Å². The zero-order valence-electron chi connectivity index (χ0n) is 21.0.